The first-order valence-corrected chi connectivity index (χ1v) is 4.11. The molecule has 0 saturated heterocycles. The molecule has 1 aromatic carbocycles. The Morgan fingerprint density at radius 1 is 1.31 bits per heavy atom. The number of nitrogens with zero attached hydrogens (tertiary/aromatic N) is 1. The molecule has 13 heavy (non-hydrogen) atoms. The predicted molar refractivity (Wildman–Crippen MR) is 50.2 cm³/mol. The lowest BCUT2D eigenvalue weighted by Crippen LogP contribution is -2.17. The largest absolute Gasteiger partial charge is 0.508 e. The highest BCUT2D eigenvalue weighted by Gasteiger charge is 2.16. The summed E-state index contributed by atoms with van der Waals surface area (Å²) in [6.07, 6.45) is 1.65. The van der Waals surface area contributed by atoms with Gasteiger partial charge in [0.1, 0.15) is 11.5 Å². The number of aliphatic hydroxyl groups is 1. The molecule has 0 spiro atoms. The minimum Gasteiger partial charge on any atom is -0.508 e. The number of hydrogen-bond donors (Lipinski definition) is 2. The third-order valence-electron chi connectivity index (χ3n) is 2.18. The van der Waals surface area contributed by atoms with Crippen molar-refractivity contribution in [1.29, 1.82) is 0 Å². The zero-order chi connectivity index (χ0) is 9.42. The van der Waals surface area contributed by atoms with Gasteiger partial charge in [0.15, 0.2) is 0 Å². The van der Waals surface area contributed by atoms with Crippen molar-refractivity contribution in [2.24, 2.45) is 0 Å². The minimum atomic E-state index is 0.208. The van der Waals surface area contributed by atoms with Crippen molar-refractivity contribution in [2.45, 2.75) is 6.54 Å². The topological polar surface area (TPSA) is 43.7 Å². The lowest BCUT2D eigenvalue weighted by Gasteiger charge is -2.23. The third-order valence-corrected chi connectivity index (χ3v) is 2.18. The number of hydrogen-bond acceptors (Lipinski definition) is 3. The summed E-state index contributed by atoms with van der Waals surface area (Å²) in [5, 5.41) is 19.1. The standard InChI is InChI=1S/C10H11NO2/c1-11-5-8-7(10(13)6-11)3-2-4-9(8)12/h2-4,6,12-13H,5H2,1H3. The van der Waals surface area contributed by atoms with E-state index in [2.05, 4.69) is 0 Å². The number of phenols is 1. The van der Waals surface area contributed by atoms with E-state index in [4.69, 9.17) is 0 Å². The smallest absolute Gasteiger partial charge is 0.139 e. The highest BCUT2D eigenvalue weighted by molar-refractivity contribution is 5.65. The molecule has 0 atom stereocenters. The molecule has 1 aliphatic rings. The summed E-state index contributed by atoms with van der Waals surface area (Å²) in [5.41, 5.74) is 1.50. The molecule has 0 aliphatic carbocycles. The van der Waals surface area contributed by atoms with Crippen LogP contribution in [0, 0.1) is 0 Å². The van der Waals surface area contributed by atoms with E-state index in [1.165, 1.54) is 0 Å². The summed E-state index contributed by atoms with van der Waals surface area (Å²) >= 11 is 0. The molecule has 0 bridgehead atoms. The van der Waals surface area contributed by atoms with Crippen molar-refractivity contribution in [2.75, 3.05) is 7.05 Å². The maximum absolute atomic E-state index is 9.56. The second-order valence-electron chi connectivity index (χ2n) is 3.23. The van der Waals surface area contributed by atoms with Crippen LogP contribution < -0.4 is 0 Å². The average Bonchev–Trinajstić information content (AvgIpc) is 2.07. The van der Waals surface area contributed by atoms with E-state index in [1.54, 1.807) is 24.4 Å². The first-order valence-electron chi connectivity index (χ1n) is 4.11. The van der Waals surface area contributed by atoms with Gasteiger partial charge in [0.05, 0.1) is 0 Å². The molecule has 1 heterocycles. The quantitative estimate of drug-likeness (QED) is 0.633. The molecule has 3 nitrogen and oxygen atoms in total. The van der Waals surface area contributed by atoms with Gasteiger partial charge in [0, 0.05) is 30.9 Å². The number of phenolic OH excluding ortho intramolecular Hbond substituents is 1. The first-order chi connectivity index (χ1) is 6.18. The summed E-state index contributed by atoms with van der Waals surface area (Å²) in [6, 6.07) is 5.16. The van der Waals surface area contributed by atoms with E-state index in [-0.39, 0.29) is 11.5 Å². The number of aromatic hydroxyl groups is 1. The summed E-state index contributed by atoms with van der Waals surface area (Å²) in [4.78, 5) is 1.83. The van der Waals surface area contributed by atoms with Crippen LogP contribution in [0.25, 0.3) is 5.76 Å². The van der Waals surface area contributed by atoms with Crippen LogP contribution in [0.15, 0.2) is 24.4 Å². The highest BCUT2D eigenvalue weighted by atomic mass is 16.3. The van der Waals surface area contributed by atoms with Gasteiger partial charge in [-0.05, 0) is 6.07 Å². The Morgan fingerprint density at radius 3 is 2.85 bits per heavy atom. The lowest BCUT2D eigenvalue weighted by molar-refractivity contribution is 0.391. The van der Waals surface area contributed by atoms with E-state index in [0.29, 0.717) is 6.54 Å². The summed E-state index contributed by atoms with van der Waals surface area (Å²) in [7, 11) is 1.85. The van der Waals surface area contributed by atoms with Crippen LogP contribution in [0.1, 0.15) is 11.1 Å². The fourth-order valence-corrected chi connectivity index (χ4v) is 1.55. The molecule has 0 unspecified atom stereocenters. The fourth-order valence-electron chi connectivity index (χ4n) is 1.55. The summed E-state index contributed by atoms with van der Waals surface area (Å²) in [5.74, 6) is 0.448. The Kier molecular flexibility index (Phi) is 1.65. The Labute approximate surface area is 76.5 Å². The molecule has 0 amide bonds. The van der Waals surface area contributed by atoms with E-state index in [9.17, 15) is 10.2 Å². The Balaban J connectivity index is 2.59. The molecule has 68 valence electrons. The second-order valence-corrected chi connectivity index (χ2v) is 3.23. The van der Waals surface area contributed by atoms with Gasteiger partial charge in [-0.25, -0.2) is 0 Å². The maximum Gasteiger partial charge on any atom is 0.139 e. The second kappa shape index (κ2) is 2.69. The number of benzene rings is 1. The van der Waals surface area contributed by atoms with Crippen molar-refractivity contribution in [3.63, 3.8) is 0 Å². The summed E-state index contributed by atoms with van der Waals surface area (Å²) < 4.78 is 0. The van der Waals surface area contributed by atoms with Gasteiger partial charge in [-0.1, -0.05) is 12.1 Å². The van der Waals surface area contributed by atoms with Crippen LogP contribution >= 0.6 is 0 Å². The summed E-state index contributed by atoms with van der Waals surface area (Å²) in [6.45, 7) is 0.631. The molecule has 2 N–H and O–H groups in total. The van der Waals surface area contributed by atoms with Crippen LogP contribution in [0.5, 0.6) is 5.75 Å². The lowest BCUT2D eigenvalue weighted by atomic mass is 10.0. The van der Waals surface area contributed by atoms with Gasteiger partial charge in [0.25, 0.3) is 0 Å². The number of rotatable bonds is 0. The Morgan fingerprint density at radius 2 is 2.08 bits per heavy atom. The molecular formula is C10H11NO2. The Hall–Kier alpha value is -1.64. The molecule has 0 fully saturated rings. The maximum atomic E-state index is 9.56. The SMILES string of the molecule is CN1C=C(O)c2cccc(O)c2C1. The molecule has 1 aliphatic heterocycles. The van der Waals surface area contributed by atoms with Gasteiger partial charge in [-0.3, -0.25) is 0 Å². The monoisotopic (exact) mass is 177 g/mol. The molecule has 0 aromatic heterocycles. The van der Waals surface area contributed by atoms with Crippen LogP contribution in [-0.4, -0.2) is 22.2 Å². The van der Waals surface area contributed by atoms with Crippen LogP contribution in [0.3, 0.4) is 0 Å². The molecular weight excluding hydrogens is 166 g/mol. The normalized spacial score (nSPS) is 15.2. The van der Waals surface area contributed by atoms with E-state index in [1.807, 2.05) is 11.9 Å². The van der Waals surface area contributed by atoms with Gasteiger partial charge < -0.3 is 15.1 Å². The van der Waals surface area contributed by atoms with Gasteiger partial charge in [-0.2, -0.15) is 0 Å². The molecule has 1 aromatic rings. The van der Waals surface area contributed by atoms with Crippen LogP contribution in [0.4, 0.5) is 0 Å². The minimum absolute atomic E-state index is 0.208. The molecule has 3 heteroatoms. The van der Waals surface area contributed by atoms with E-state index < -0.39 is 0 Å². The van der Waals surface area contributed by atoms with Crippen molar-refractivity contribution >= 4 is 5.76 Å². The van der Waals surface area contributed by atoms with Crippen molar-refractivity contribution in [3.8, 4) is 5.75 Å². The number of fused-ring (bicyclic) bond motifs is 1. The molecule has 0 radical (unpaired) electrons. The zero-order valence-electron chi connectivity index (χ0n) is 7.36. The van der Waals surface area contributed by atoms with Crippen LogP contribution in [0.2, 0.25) is 0 Å². The Bertz CT molecular complexity index is 371. The predicted octanol–water partition coefficient (Wildman–Crippen LogP) is 1.69. The van der Waals surface area contributed by atoms with Gasteiger partial charge in [0.2, 0.25) is 0 Å². The average molecular weight is 177 g/mol. The van der Waals surface area contributed by atoms with Crippen LogP contribution in [-0.2, 0) is 6.54 Å². The number of aliphatic hydroxyl groups excluding tert-OH is 1. The fraction of sp³-hybridized carbons (Fsp3) is 0.200. The van der Waals surface area contributed by atoms with E-state index in [0.717, 1.165) is 11.1 Å². The molecule has 0 saturated carbocycles. The van der Waals surface area contributed by atoms with Crippen molar-refractivity contribution in [1.82, 2.24) is 4.90 Å². The third kappa shape index (κ3) is 1.22. The van der Waals surface area contributed by atoms with Gasteiger partial charge in [-0.15, -0.1) is 0 Å². The van der Waals surface area contributed by atoms with Gasteiger partial charge >= 0.3 is 0 Å². The first kappa shape index (κ1) is 7.98. The van der Waals surface area contributed by atoms with Crippen molar-refractivity contribution in [3.05, 3.63) is 35.5 Å². The highest BCUT2D eigenvalue weighted by Crippen LogP contribution is 2.30. The van der Waals surface area contributed by atoms with E-state index >= 15 is 0 Å². The zero-order valence-corrected chi connectivity index (χ0v) is 7.36. The van der Waals surface area contributed by atoms with Crippen molar-refractivity contribution < 1.29 is 10.2 Å². The molecule has 2 rings (SSSR count).